The summed E-state index contributed by atoms with van der Waals surface area (Å²) in [6.45, 7) is 4.32. The number of methoxy groups -OCH3 is 3. The molecule has 8 nitrogen and oxygen atoms in total. The first-order valence-electron chi connectivity index (χ1n) is 8.23. The Morgan fingerprint density at radius 1 is 1.04 bits per heavy atom. The average Bonchev–Trinajstić information content (AvgIpc) is 2.64. The van der Waals surface area contributed by atoms with Gasteiger partial charge in [0.15, 0.2) is 11.5 Å². The summed E-state index contributed by atoms with van der Waals surface area (Å²) in [7, 11) is 4.64. The summed E-state index contributed by atoms with van der Waals surface area (Å²) < 4.78 is 16.0. The zero-order valence-electron chi connectivity index (χ0n) is 15.7. The van der Waals surface area contributed by atoms with Gasteiger partial charge in [-0.25, -0.2) is 9.97 Å². The van der Waals surface area contributed by atoms with Crippen LogP contribution >= 0.6 is 0 Å². The molecule has 0 saturated carbocycles. The van der Waals surface area contributed by atoms with Gasteiger partial charge in [-0.15, -0.1) is 0 Å². The number of aromatic nitrogens is 2. The van der Waals surface area contributed by atoms with Crippen LogP contribution in [0.15, 0.2) is 18.2 Å². The van der Waals surface area contributed by atoms with Gasteiger partial charge in [0.25, 0.3) is 5.91 Å². The fraction of sp³-hybridized carbons (Fsp3) is 0.389. The molecule has 2 rings (SSSR count). The van der Waals surface area contributed by atoms with Gasteiger partial charge >= 0.3 is 0 Å². The minimum atomic E-state index is -0.231. The number of amides is 1. The van der Waals surface area contributed by atoms with E-state index in [0.29, 0.717) is 46.8 Å². The molecule has 1 heterocycles. The van der Waals surface area contributed by atoms with Crippen molar-refractivity contribution < 1.29 is 19.0 Å². The number of hydrogen-bond donors (Lipinski definition) is 2. The molecule has 0 aliphatic heterocycles. The van der Waals surface area contributed by atoms with Crippen molar-refractivity contribution >= 4 is 17.4 Å². The van der Waals surface area contributed by atoms with E-state index in [-0.39, 0.29) is 5.91 Å². The van der Waals surface area contributed by atoms with Gasteiger partial charge < -0.3 is 24.8 Å². The highest BCUT2D eigenvalue weighted by molar-refractivity contribution is 5.93. The monoisotopic (exact) mass is 360 g/mol. The summed E-state index contributed by atoms with van der Waals surface area (Å²) in [5.74, 6) is 2.28. The molecule has 0 aliphatic rings. The van der Waals surface area contributed by atoms with E-state index in [2.05, 4.69) is 20.6 Å². The van der Waals surface area contributed by atoms with E-state index in [1.165, 1.54) is 0 Å². The van der Waals surface area contributed by atoms with Gasteiger partial charge in [-0.1, -0.05) is 6.92 Å². The lowest BCUT2D eigenvalue weighted by atomic mass is 10.2. The average molecular weight is 360 g/mol. The molecule has 0 bridgehead atoms. The van der Waals surface area contributed by atoms with Gasteiger partial charge in [0, 0.05) is 30.4 Å². The van der Waals surface area contributed by atoms with E-state index >= 15 is 0 Å². The predicted molar refractivity (Wildman–Crippen MR) is 98.8 cm³/mol. The number of nitrogens with zero attached hydrogens (tertiary/aromatic N) is 2. The normalized spacial score (nSPS) is 10.2. The predicted octanol–water partition coefficient (Wildman–Crippen LogP) is 2.69. The van der Waals surface area contributed by atoms with Crippen LogP contribution < -0.4 is 24.8 Å². The molecule has 0 radical (unpaired) electrons. The number of benzene rings is 1. The Morgan fingerprint density at radius 3 is 2.23 bits per heavy atom. The number of aryl methyl sites for hydroxylation is 1. The van der Waals surface area contributed by atoms with Crippen molar-refractivity contribution in [2.24, 2.45) is 0 Å². The Morgan fingerprint density at radius 2 is 1.69 bits per heavy atom. The first-order valence-corrected chi connectivity index (χ1v) is 8.23. The first-order chi connectivity index (χ1) is 12.5. The lowest BCUT2D eigenvalue weighted by Gasteiger charge is -2.15. The van der Waals surface area contributed by atoms with E-state index in [4.69, 9.17) is 14.2 Å². The Hall–Kier alpha value is -3.03. The molecule has 8 heteroatoms. The number of rotatable bonds is 8. The smallest absolute Gasteiger partial charge is 0.270 e. The number of hydrogen-bond acceptors (Lipinski definition) is 7. The Balaban J connectivity index is 2.33. The first kappa shape index (κ1) is 19.3. The lowest BCUT2D eigenvalue weighted by Crippen LogP contribution is -2.25. The second kappa shape index (κ2) is 8.89. The van der Waals surface area contributed by atoms with Crippen LogP contribution in [0.2, 0.25) is 0 Å². The molecule has 1 amide bonds. The molecular weight excluding hydrogens is 336 g/mol. The molecule has 26 heavy (non-hydrogen) atoms. The van der Waals surface area contributed by atoms with Gasteiger partial charge in [-0.3, -0.25) is 4.79 Å². The van der Waals surface area contributed by atoms with Gasteiger partial charge in [-0.2, -0.15) is 0 Å². The Labute approximate surface area is 152 Å². The molecule has 2 N–H and O–H groups in total. The van der Waals surface area contributed by atoms with Crippen LogP contribution in [0, 0.1) is 6.92 Å². The van der Waals surface area contributed by atoms with Gasteiger partial charge in [0.1, 0.15) is 17.3 Å². The maximum atomic E-state index is 12.2. The number of ether oxygens (including phenoxy) is 3. The zero-order chi connectivity index (χ0) is 19.1. The quantitative estimate of drug-likeness (QED) is 0.747. The summed E-state index contributed by atoms with van der Waals surface area (Å²) >= 11 is 0. The van der Waals surface area contributed by atoms with Crippen molar-refractivity contribution in [3.8, 4) is 17.2 Å². The van der Waals surface area contributed by atoms with Crippen LogP contribution in [0.5, 0.6) is 17.2 Å². The van der Waals surface area contributed by atoms with Crippen LogP contribution in [0.4, 0.5) is 11.5 Å². The summed E-state index contributed by atoms with van der Waals surface area (Å²) in [6.07, 6.45) is 0.854. The molecule has 2 aromatic rings. The molecule has 0 fully saturated rings. The van der Waals surface area contributed by atoms with Crippen LogP contribution in [0.1, 0.15) is 29.7 Å². The maximum Gasteiger partial charge on any atom is 0.270 e. The van der Waals surface area contributed by atoms with Crippen LogP contribution in [0.25, 0.3) is 0 Å². The summed E-state index contributed by atoms with van der Waals surface area (Å²) in [4.78, 5) is 20.7. The Kier molecular flexibility index (Phi) is 6.60. The summed E-state index contributed by atoms with van der Waals surface area (Å²) in [5.41, 5.74) is 0.985. The molecule has 0 atom stereocenters. The lowest BCUT2D eigenvalue weighted by molar-refractivity contribution is 0.0948. The molecule has 1 aromatic heterocycles. The molecule has 0 saturated heterocycles. The van der Waals surface area contributed by atoms with Crippen molar-refractivity contribution in [1.82, 2.24) is 15.3 Å². The zero-order valence-corrected chi connectivity index (χ0v) is 15.7. The van der Waals surface area contributed by atoms with Crippen LogP contribution in [0.3, 0.4) is 0 Å². The van der Waals surface area contributed by atoms with Gasteiger partial charge in [-0.05, 0) is 13.3 Å². The van der Waals surface area contributed by atoms with E-state index in [1.54, 1.807) is 46.5 Å². The van der Waals surface area contributed by atoms with Gasteiger partial charge in [0.2, 0.25) is 5.75 Å². The van der Waals surface area contributed by atoms with E-state index in [9.17, 15) is 4.79 Å². The third-order valence-electron chi connectivity index (χ3n) is 3.54. The molecule has 0 spiro atoms. The standard InChI is InChI=1S/C18H24N4O4/c1-6-7-19-18(23)13-10-16(21-11(2)20-13)22-12-8-14(24-3)17(26-5)15(9-12)25-4/h8-10H,6-7H2,1-5H3,(H,19,23)(H,20,21,22). The van der Waals surface area contributed by atoms with Crippen molar-refractivity contribution in [1.29, 1.82) is 0 Å². The second-order valence-electron chi connectivity index (χ2n) is 5.48. The van der Waals surface area contributed by atoms with E-state index in [1.807, 2.05) is 6.92 Å². The molecule has 0 unspecified atom stereocenters. The molecular formula is C18H24N4O4. The third kappa shape index (κ3) is 4.53. The van der Waals surface area contributed by atoms with E-state index < -0.39 is 0 Å². The van der Waals surface area contributed by atoms with Crippen LogP contribution in [-0.2, 0) is 0 Å². The fourth-order valence-corrected chi connectivity index (χ4v) is 2.38. The number of carbonyl (C=O) groups excluding carboxylic acids is 1. The fourth-order valence-electron chi connectivity index (χ4n) is 2.38. The van der Waals surface area contributed by atoms with E-state index in [0.717, 1.165) is 6.42 Å². The highest BCUT2D eigenvalue weighted by atomic mass is 16.5. The van der Waals surface area contributed by atoms with Crippen molar-refractivity contribution in [3.05, 3.63) is 29.7 Å². The van der Waals surface area contributed by atoms with Crippen molar-refractivity contribution in [3.63, 3.8) is 0 Å². The van der Waals surface area contributed by atoms with Crippen molar-refractivity contribution in [2.75, 3.05) is 33.2 Å². The van der Waals surface area contributed by atoms with Crippen molar-refractivity contribution in [2.45, 2.75) is 20.3 Å². The minimum absolute atomic E-state index is 0.231. The van der Waals surface area contributed by atoms with Crippen LogP contribution in [-0.4, -0.2) is 43.7 Å². The molecule has 0 aliphatic carbocycles. The maximum absolute atomic E-state index is 12.2. The second-order valence-corrected chi connectivity index (χ2v) is 5.48. The summed E-state index contributed by atoms with van der Waals surface area (Å²) in [5, 5.41) is 5.96. The third-order valence-corrected chi connectivity index (χ3v) is 3.54. The number of anilines is 2. The highest BCUT2D eigenvalue weighted by Crippen LogP contribution is 2.40. The topological polar surface area (TPSA) is 94.6 Å². The highest BCUT2D eigenvalue weighted by Gasteiger charge is 2.15. The number of carbonyl (C=O) groups is 1. The van der Waals surface area contributed by atoms with Gasteiger partial charge in [0.05, 0.1) is 21.3 Å². The molecule has 1 aromatic carbocycles. The molecule has 140 valence electrons. The number of nitrogens with one attached hydrogen (secondary N) is 2. The largest absolute Gasteiger partial charge is 0.493 e. The SMILES string of the molecule is CCCNC(=O)c1cc(Nc2cc(OC)c(OC)c(OC)c2)nc(C)n1. The minimum Gasteiger partial charge on any atom is -0.493 e. The summed E-state index contributed by atoms with van der Waals surface area (Å²) in [6, 6.07) is 5.12. The Bertz CT molecular complexity index is 755.